The molecular weight excluding hydrogens is 411 g/mol. The monoisotopic (exact) mass is 430 g/mol. The molecule has 9 heteroatoms. The average Bonchev–Trinajstić information content (AvgIpc) is 2.61. The van der Waals surface area contributed by atoms with Gasteiger partial charge in [-0.25, -0.2) is 8.42 Å². The smallest absolute Gasteiger partial charge is 0.241 e. The summed E-state index contributed by atoms with van der Waals surface area (Å²) in [4.78, 5) is 12.5. The van der Waals surface area contributed by atoms with Crippen LogP contribution in [-0.4, -0.2) is 34.2 Å². The van der Waals surface area contributed by atoms with Crippen LogP contribution in [0, 0.1) is 0 Å². The summed E-state index contributed by atoms with van der Waals surface area (Å²) in [6.45, 7) is 1.35. The number of carbonyl (C=O) groups is 1. The molecule has 0 saturated carbocycles. The summed E-state index contributed by atoms with van der Waals surface area (Å²) < 4.78 is 30.6. The number of amides is 1. The predicted molar refractivity (Wildman–Crippen MR) is 108 cm³/mol. The van der Waals surface area contributed by atoms with E-state index < -0.39 is 22.5 Å². The Labute approximate surface area is 169 Å². The standard InChI is InChI=1S/C18H20Cl2N2O4S/c1-12(14-6-4-5-7-17(14)26-2)21-18(23)11-22(27(3,24)25)16-10-13(19)8-9-15(16)20/h4-10,12H,11H2,1-3H3,(H,21,23)/t12-/m0/s1. The predicted octanol–water partition coefficient (Wildman–Crippen LogP) is 3.65. The van der Waals surface area contributed by atoms with Crippen molar-refractivity contribution in [2.75, 3.05) is 24.2 Å². The van der Waals surface area contributed by atoms with Crippen LogP contribution in [0.4, 0.5) is 5.69 Å². The van der Waals surface area contributed by atoms with Crippen LogP contribution >= 0.6 is 23.2 Å². The number of carbonyl (C=O) groups excluding carboxylic acids is 1. The van der Waals surface area contributed by atoms with E-state index in [4.69, 9.17) is 27.9 Å². The molecule has 2 rings (SSSR count). The number of halogens is 2. The average molecular weight is 431 g/mol. The number of sulfonamides is 1. The Morgan fingerprint density at radius 2 is 1.89 bits per heavy atom. The molecule has 0 radical (unpaired) electrons. The minimum absolute atomic E-state index is 0.145. The molecule has 0 aliphatic heterocycles. The number of hydrogen-bond acceptors (Lipinski definition) is 4. The molecule has 0 heterocycles. The van der Waals surface area contributed by atoms with Gasteiger partial charge in [-0.15, -0.1) is 0 Å². The van der Waals surface area contributed by atoms with Crippen molar-refractivity contribution in [3.8, 4) is 5.75 Å². The number of hydrogen-bond donors (Lipinski definition) is 1. The molecule has 1 amide bonds. The molecule has 2 aromatic rings. The van der Waals surface area contributed by atoms with E-state index in [1.54, 1.807) is 20.1 Å². The van der Waals surface area contributed by atoms with E-state index in [0.29, 0.717) is 10.8 Å². The van der Waals surface area contributed by atoms with Crippen molar-refractivity contribution in [3.63, 3.8) is 0 Å². The molecule has 0 spiro atoms. The first-order chi connectivity index (χ1) is 12.6. The second-order valence-corrected chi connectivity index (χ2v) is 8.65. The van der Waals surface area contributed by atoms with Crippen molar-refractivity contribution in [2.24, 2.45) is 0 Å². The highest BCUT2D eigenvalue weighted by atomic mass is 35.5. The van der Waals surface area contributed by atoms with Crippen molar-refractivity contribution < 1.29 is 17.9 Å². The van der Waals surface area contributed by atoms with Gasteiger partial charge < -0.3 is 10.1 Å². The van der Waals surface area contributed by atoms with Gasteiger partial charge in [0.05, 0.1) is 30.1 Å². The van der Waals surface area contributed by atoms with Gasteiger partial charge >= 0.3 is 0 Å². The van der Waals surface area contributed by atoms with Crippen LogP contribution in [0.25, 0.3) is 0 Å². The molecule has 146 valence electrons. The molecule has 1 atom stereocenters. The maximum atomic E-state index is 12.5. The zero-order chi connectivity index (χ0) is 20.2. The number of nitrogens with one attached hydrogen (secondary N) is 1. The molecule has 1 N–H and O–H groups in total. The number of para-hydroxylation sites is 1. The summed E-state index contributed by atoms with van der Waals surface area (Å²) in [5.41, 5.74) is 0.923. The summed E-state index contributed by atoms with van der Waals surface area (Å²) in [6, 6.07) is 11.3. The topological polar surface area (TPSA) is 75.7 Å². The van der Waals surface area contributed by atoms with E-state index in [-0.39, 0.29) is 16.8 Å². The van der Waals surface area contributed by atoms with Crippen molar-refractivity contribution in [2.45, 2.75) is 13.0 Å². The lowest BCUT2D eigenvalue weighted by molar-refractivity contribution is -0.120. The quantitative estimate of drug-likeness (QED) is 0.726. The van der Waals surface area contributed by atoms with Crippen molar-refractivity contribution in [3.05, 3.63) is 58.1 Å². The fourth-order valence-corrected chi connectivity index (χ4v) is 3.87. The highest BCUT2D eigenvalue weighted by Crippen LogP contribution is 2.30. The van der Waals surface area contributed by atoms with Gasteiger partial charge in [-0.2, -0.15) is 0 Å². The molecule has 27 heavy (non-hydrogen) atoms. The Morgan fingerprint density at radius 1 is 1.22 bits per heavy atom. The Morgan fingerprint density at radius 3 is 2.52 bits per heavy atom. The summed E-state index contributed by atoms with van der Waals surface area (Å²) in [7, 11) is -2.22. The molecule has 6 nitrogen and oxygen atoms in total. The first-order valence-electron chi connectivity index (χ1n) is 7.98. The second kappa shape index (κ2) is 8.82. The molecule has 0 bridgehead atoms. The lowest BCUT2D eigenvalue weighted by Gasteiger charge is -2.24. The van der Waals surface area contributed by atoms with Gasteiger partial charge in [0.25, 0.3) is 0 Å². The molecule has 0 unspecified atom stereocenters. The molecule has 0 aromatic heterocycles. The van der Waals surface area contributed by atoms with Crippen LogP contribution in [0.3, 0.4) is 0 Å². The number of anilines is 1. The van der Waals surface area contributed by atoms with Gasteiger partial charge in [0, 0.05) is 10.6 Å². The molecule has 2 aromatic carbocycles. The minimum Gasteiger partial charge on any atom is -0.496 e. The summed E-state index contributed by atoms with van der Waals surface area (Å²) >= 11 is 12.1. The highest BCUT2D eigenvalue weighted by Gasteiger charge is 2.24. The van der Waals surface area contributed by atoms with Gasteiger partial charge in [0.15, 0.2) is 0 Å². The van der Waals surface area contributed by atoms with Crippen LogP contribution in [0.2, 0.25) is 10.0 Å². The normalized spacial score (nSPS) is 12.3. The van der Waals surface area contributed by atoms with E-state index in [1.807, 2.05) is 18.2 Å². The highest BCUT2D eigenvalue weighted by molar-refractivity contribution is 7.92. The van der Waals surface area contributed by atoms with E-state index >= 15 is 0 Å². The number of rotatable bonds is 7. The van der Waals surface area contributed by atoms with Crippen molar-refractivity contribution in [1.82, 2.24) is 5.32 Å². The number of ether oxygens (including phenoxy) is 1. The molecule has 0 aliphatic carbocycles. The molecular formula is C18H20Cl2N2O4S. The zero-order valence-electron chi connectivity index (χ0n) is 15.1. The van der Waals surface area contributed by atoms with Gasteiger partial charge in [-0.3, -0.25) is 9.10 Å². The third-order valence-electron chi connectivity index (χ3n) is 3.85. The Balaban J connectivity index is 2.23. The lowest BCUT2D eigenvalue weighted by atomic mass is 10.1. The molecule has 0 fully saturated rings. The SMILES string of the molecule is COc1ccccc1[C@H](C)NC(=O)CN(c1cc(Cl)ccc1Cl)S(C)(=O)=O. The fraction of sp³-hybridized carbons (Fsp3) is 0.278. The van der Waals surface area contributed by atoms with Gasteiger partial charge in [-0.1, -0.05) is 41.4 Å². The van der Waals surface area contributed by atoms with Crippen LogP contribution in [0.1, 0.15) is 18.5 Å². The van der Waals surface area contributed by atoms with E-state index in [2.05, 4.69) is 5.32 Å². The summed E-state index contributed by atoms with van der Waals surface area (Å²) in [6.07, 6.45) is 1.00. The number of nitrogens with zero attached hydrogens (tertiary/aromatic N) is 1. The largest absolute Gasteiger partial charge is 0.496 e. The Hall–Kier alpha value is -1.96. The molecule has 0 saturated heterocycles. The zero-order valence-corrected chi connectivity index (χ0v) is 17.4. The maximum absolute atomic E-state index is 12.5. The fourth-order valence-electron chi connectivity index (χ4n) is 2.58. The maximum Gasteiger partial charge on any atom is 0.241 e. The number of benzene rings is 2. The van der Waals surface area contributed by atoms with Crippen molar-refractivity contribution >= 4 is 44.8 Å². The first-order valence-corrected chi connectivity index (χ1v) is 10.6. The number of methoxy groups -OCH3 is 1. The van der Waals surface area contributed by atoms with Gasteiger partial charge in [0.1, 0.15) is 12.3 Å². The van der Waals surface area contributed by atoms with Crippen LogP contribution in [0.15, 0.2) is 42.5 Å². The Kier molecular flexibility index (Phi) is 6.97. The third-order valence-corrected chi connectivity index (χ3v) is 5.53. The summed E-state index contributed by atoms with van der Waals surface area (Å²) in [5, 5.41) is 3.26. The van der Waals surface area contributed by atoms with Crippen LogP contribution in [-0.2, 0) is 14.8 Å². The lowest BCUT2D eigenvalue weighted by Crippen LogP contribution is -2.41. The second-order valence-electron chi connectivity index (χ2n) is 5.90. The summed E-state index contributed by atoms with van der Waals surface area (Å²) in [5.74, 6) is 0.137. The van der Waals surface area contributed by atoms with E-state index in [0.717, 1.165) is 16.1 Å². The third kappa shape index (κ3) is 5.51. The van der Waals surface area contributed by atoms with Crippen molar-refractivity contribution in [1.29, 1.82) is 0 Å². The van der Waals surface area contributed by atoms with E-state index in [9.17, 15) is 13.2 Å². The Bertz CT molecular complexity index is 935. The molecule has 0 aliphatic rings. The van der Waals surface area contributed by atoms with Crippen LogP contribution < -0.4 is 14.4 Å². The van der Waals surface area contributed by atoms with Gasteiger partial charge in [-0.05, 0) is 31.2 Å². The van der Waals surface area contributed by atoms with E-state index in [1.165, 1.54) is 18.2 Å². The minimum atomic E-state index is -3.76. The van der Waals surface area contributed by atoms with Crippen LogP contribution in [0.5, 0.6) is 5.75 Å². The van der Waals surface area contributed by atoms with Gasteiger partial charge in [0.2, 0.25) is 15.9 Å². The first kappa shape index (κ1) is 21.3.